The second kappa shape index (κ2) is 5.66. The van der Waals surface area contributed by atoms with Gasteiger partial charge < -0.3 is 15.4 Å². The van der Waals surface area contributed by atoms with Gasteiger partial charge in [-0.2, -0.15) is 5.10 Å². The average Bonchev–Trinajstić information content (AvgIpc) is 2.92. The maximum Gasteiger partial charge on any atom is 0.263 e. The number of hydrogen-bond acceptors (Lipinski definition) is 7. The van der Waals surface area contributed by atoms with E-state index in [1.165, 1.54) is 10.5 Å². The molecule has 2 N–H and O–H groups in total. The normalized spacial score (nSPS) is 15.9. The maximum absolute atomic E-state index is 5.52. The monoisotopic (exact) mass is 273 g/mol. The molecule has 1 fully saturated rings. The highest BCUT2D eigenvalue weighted by molar-refractivity contribution is 5.80. The summed E-state index contributed by atoms with van der Waals surface area (Å²) in [6.07, 6.45) is 1.66. The molecule has 0 saturated carbocycles. The molecule has 3 rings (SSSR count). The number of ether oxygens (including phenoxy) is 1. The molecule has 1 aromatic heterocycles. The zero-order valence-electron chi connectivity index (χ0n) is 10.9. The van der Waals surface area contributed by atoms with Crippen molar-refractivity contribution < 1.29 is 4.74 Å². The molecule has 20 heavy (non-hydrogen) atoms. The zero-order valence-corrected chi connectivity index (χ0v) is 10.9. The fourth-order valence-corrected chi connectivity index (χ4v) is 1.99. The lowest BCUT2D eigenvalue weighted by atomic mass is 10.2. The summed E-state index contributed by atoms with van der Waals surface area (Å²) >= 11 is 0. The Hall–Kier alpha value is -2.48. The van der Waals surface area contributed by atoms with Crippen molar-refractivity contribution >= 4 is 17.9 Å². The molecule has 8 heteroatoms. The van der Waals surface area contributed by atoms with E-state index in [9.17, 15) is 0 Å². The summed E-state index contributed by atoms with van der Waals surface area (Å²) in [6.45, 7) is 3.41. The molecule has 0 amide bonds. The van der Waals surface area contributed by atoms with Crippen molar-refractivity contribution in [3.8, 4) is 0 Å². The highest BCUT2D eigenvalue weighted by atomic mass is 16.5. The second-order valence-corrected chi connectivity index (χ2v) is 4.36. The minimum atomic E-state index is 0.159. The molecule has 0 atom stereocenters. The number of rotatable bonds is 3. The fourth-order valence-electron chi connectivity index (χ4n) is 1.99. The number of aromatic nitrogens is 4. The van der Waals surface area contributed by atoms with Gasteiger partial charge in [0.15, 0.2) is 0 Å². The molecule has 0 spiro atoms. The number of tetrazole rings is 1. The molecule has 1 aliphatic rings. The van der Waals surface area contributed by atoms with E-state index in [2.05, 4.69) is 37.7 Å². The van der Waals surface area contributed by atoms with E-state index >= 15 is 0 Å². The standard InChI is InChI=1S/C12H15N7O/c13-12-15-16-17-19(12)14-9-10-1-3-11(4-2-10)18-5-7-20-8-6-18/h1-4,9H,5-8H2,(H2,13,15,17)/b14-9-. The van der Waals surface area contributed by atoms with Crippen LogP contribution in [0, 0.1) is 0 Å². The Kier molecular flexibility index (Phi) is 3.55. The summed E-state index contributed by atoms with van der Waals surface area (Å²) in [4.78, 5) is 3.47. The third-order valence-electron chi connectivity index (χ3n) is 3.06. The summed E-state index contributed by atoms with van der Waals surface area (Å²) in [5.74, 6) is 0.159. The Balaban J connectivity index is 1.69. The minimum Gasteiger partial charge on any atom is -0.378 e. The van der Waals surface area contributed by atoms with Crippen molar-refractivity contribution in [3.05, 3.63) is 29.8 Å². The van der Waals surface area contributed by atoms with Crippen LogP contribution in [-0.4, -0.2) is 52.8 Å². The van der Waals surface area contributed by atoms with Gasteiger partial charge in [0.2, 0.25) is 0 Å². The van der Waals surface area contributed by atoms with Gasteiger partial charge in [0, 0.05) is 18.8 Å². The molecule has 0 unspecified atom stereocenters. The van der Waals surface area contributed by atoms with E-state index in [0.29, 0.717) is 0 Å². The molecule has 1 aliphatic heterocycles. The number of nitrogen functional groups attached to an aromatic ring is 1. The molecular formula is C12H15N7O. The van der Waals surface area contributed by atoms with Gasteiger partial charge in [0.05, 0.1) is 19.4 Å². The van der Waals surface area contributed by atoms with Crippen LogP contribution in [0.2, 0.25) is 0 Å². The van der Waals surface area contributed by atoms with Crippen LogP contribution in [0.5, 0.6) is 0 Å². The van der Waals surface area contributed by atoms with E-state index in [0.717, 1.165) is 31.9 Å². The first-order valence-corrected chi connectivity index (χ1v) is 6.34. The van der Waals surface area contributed by atoms with Crippen molar-refractivity contribution in [2.75, 3.05) is 36.9 Å². The largest absolute Gasteiger partial charge is 0.378 e. The zero-order chi connectivity index (χ0) is 13.8. The number of benzene rings is 1. The van der Waals surface area contributed by atoms with Crippen LogP contribution in [0.15, 0.2) is 29.4 Å². The number of anilines is 2. The molecule has 0 aliphatic carbocycles. The van der Waals surface area contributed by atoms with Crippen LogP contribution in [0.25, 0.3) is 0 Å². The van der Waals surface area contributed by atoms with Crippen LogP contribution in [-0.2, 0) is 4.74 Å². The van der Waals surface area contributed by atoms with Crippen molar-refractivity contribution in [2.24, 2.45) is 5.10 Å². The molecule has 0 radical (unpaired) electrons. The van der Waals surface area contributed by atoms with Crippen LogP contribution < -0.4 is 10.6 Å². The first-order valence-electron chi connectivity index (χ1n) is 6.34. The summed E-state index contributed by atoms with van der Waals surface area (Å²) in [5.41, 5.74) is 7.66. The smallest absolute Gasteiger partial charge is 0.263 e. The Morgan fingerprint density at radius 3 is 2.60 bits per heavy atom. The molecule has 1 saturated heterocycles. The van der Waals surface area contributed by atoms with Gasteiger partial charge in [-0.3, -0.25) is 0 Å². The van der Waals surface area contributed by atoms with Gasteiger partial charge in [0.1, 0.15) is 0 Å². The second-order valence-electron chi connectivity index (χ2n) is 4.36. The lowest BCUT2D eigenvalue weighted by Crippen LogP contribution is -2.36. The third-order valence-corrected chi connectivity index (χ3v) is 3.06. The van der Waals surface area contributed by atoms with Crippen molar-refractivity contribution in [1.29, 1.82) is 0 Å². The average molecular weight is 273 g/mol. The molecule has 1 aromatic carbocycles. The summed E-state index contributed by atoms with van der Waals surface area (Å²) in [5, 5.41) is 14.7. The molecular weight excluding hydrogens is 258 g/mol. The number of hydrogen-bond donors (Lipinski definition) is 1. The Labute approximate surface area is 115 Å². The van der Waals surface area contributed by atoms with Gasteiger partial charge in [-0.15, -0.1) is 0 Å². The minimum absolute atomic E-state index is 0.159. The van der Waals surface area contributed by atoms with Crippen LogP contribution in [0.4, 0.5) is 11.6 Å². The van der Waals surface area contributed by atoms with E-state index in [4.69, 9.17) is 10.5 Å². The Morgan fingerprint density at radius 1 is 1.20 bits per heavy atom. The van der Waals surface area contributed by atoms with Gasteiger partial charge in [0.25, 0.3) is 5.95 Å². The number of morpholine rings is 1. The lowest BCUT2D eigenvalue weighted by Gasteiger charge is -2.28. The quantitative estimate of drug-likeness (QED) is 0.789. The number of nitrogens with zero attached hydrogens (tertiary/aromatic N) is 6. The van der Waals surface area contributed by atoms with Crippen molar-refractivity contribution in [1.82, 2.24) is 20.3 Å². The SMILES string of the molecule is Nc1nnnn1/N=C\c1ccc(N2CCOCC2)cc1. The molecule has 8 nitrogen and oxygen atoms in total. The van der Waals surface area contributed by atoms with Gasteiger partial charge in [-0.25, -0.2) is 0 Å². The number of nitrogens with two attached hydrogens (primary N) is 1. The van der Waals surface area contributed by atoms with Gasteiger partial charge in [-0.1, -0.05) is 22.0 Å². The van der Waals surface area contributed by atoms with Gasteiger partial charge in [-0.05, 0) is 28.1 Å². The van der Waals surface area contributed by atoms with E-state index in [-0.39, 0.29) is 5.95 Å². The predicted molar refractivity (Wildman–Crippen MR) is 74.7 cm³/mol. The van der Waals surface area contributed by atoms with E-state index in [1.54, 1.807) is 6.21 Å². The van der Waals surface area contributed by atoms with Crippen LogP contribution in [0.1, 0.15) is 5.56 Å². The van der Waals surface area contributed by atoms with Gasteiger partial charge >= 0.3 is 0 Å². The molecule has 2 heterocycles. The third kappa shape index (κ3) is 2.75. The van der Waals surface area contributed by atoms with Crippen molar-refractivity contribution in [2.45, 2.75) is 0 Å². The molecule has 0 bridgehead atoms. The van der Waals surface area contributed by atoms with Crippen LogP contribution >= 0.6 is 0 Å². The van der Waals surface area contributed by atoms with Crippen molar-refractivity contribution in [3.63, 3.8) is 0 Å². The maximum atomic E-state index is 5.52. The summed E-state index contributed by atoms with van der Waals surface area (Å²) in [7, 11) is 0. The Bertz CT molecular complexity index is 586. The predicted octanol–water partition coefficient (Wildman–Crippen LogP) is -0.0259. The first kappa shape index (κ1) is 12.5. The fraction of sp³-hybridized carbons (Fsp3) is 0.333. The Morgan fingerprint density at radius 2 is 1.95 bits per heavy atom. The first-order chi connectivity index (χ1) is 9.83. The molecule has 104 valence electrons. The molecule has 2 aromatic rings. The van der Waals surface area contributed by atoms with E-state index in [1.807, 2.05) is 12.1 Å². The topological polar surface area (TPSA) is 94.5 Å². The summed E-state index contributed by atoms with van der Waals surface area (Å²) in [6, 6.07) is 8.12. The van der Waals surface area contributed by atoms with Crippen LogP contribution in [0.3, 0.4) is 0 Å². The highest BCUT2D eigenvalue weighted by Crippen LogP contribution is 2.15. The van der Waals surface area contributed by atoms with E-state index < -0.39 is 0 Å². The highest BCUT2D eigenvalue weighted by Gasteiger charge is 2.10. The lowest BCUT2D eigenvalue weighted by molar-refractivity contribution is 0.122. The summed E-state index contributed by atoms with van der Waals surface area (Å²) < 4.78 is 5.34.